The van der Waals surface area contributed by atoms with Crippen LogP contribution in [0.3, 0.4) is 0 Å². The number of hydrogen-bond donors (Lipinski definition) is 0. The quantitative estimate of drug-likeness (QED) is 0.563. The number of hydrogen-bond acceptors (Lipinski definition) is 5. The van der Waals surface area contributed by atoms with E-state index in [1.807, 2.05) is 23.1 Å². The molecule has 2 aliphatic rings. The molecule has 7 heteroatoms. The van der Waals surface area contributed by atoms with Gasteiger partial charge >= 0.3 is 0 Å². The van der Waals surface area contributed by atoms with Crippen molar-refractivity contribution in [2.45, 2.75) is 44.3 Å². The fraction of sp³-hybridized carbons (Fsp3) is 0.375. The molecule has 1 aromatic heterocycles. The second-order valence-corrected chi connectivity index (χ2v) is 9.32. The Morgan fingerprint density at radius 2 is 1.81 bits per heavy atom. The minimum absolute atomic E-state index is 0.114. The molecular weight excluding hydrogens is 406 g/mol. The zero-order chi connectivity index (χ0) is 21.4. The molecule has 0 spiro atoms. The van der Waals surface area contributed by atoms with Gasteiger partial charge in [-0.05, 0) is 56.9 Å². The van der Waals surface area contributed by atoms with Crippen LogP contribution in [0.25, 0.3) is 5.69 Å². The average molecular weight is 434 g/mol. The molecular formula is C24H27N5OS. The third-order valence-corrected chi connectivity index (χ3v) is 7.01. The number of benzene rings is 2. The number of para-hydroxylation sites is 1. The van der Waals surface area contributed by atoms with Gasteiger partial charge in [-0.15, -0.1) is 10.2 Å². The molecule has 2 aromatic carbocycles. The van der Waals surface area contributed by atoms with Gasteiger partial charge in [0, 0.05) is 24.8 Å². The number of amides is 1. The van der Waals surface area contributed by atoms with Crippen LogP contribution in [-0.2, 0) is 11.2 Å². The van der Waals surface area contributed by atoms with Crippen LogP contribution >= 0.6 is 11.8 Å². The van der Waals surface area contributed by atoms with Crippen molar-refractivity contribution >= 4 is 29.3 Å². The molecule has 1 fully saturated rings. The highest BCUT2D eigenvalue weighted by Gasteiger charge is 2.31. The molecule has 1 amide bonds. The van der Waals surface area contributed by atoms with Crippen molar-refractivity contribution in [3.8, 4) is 5.69 Å². The molecule has 3 heterocycles. The largest absolute Gasteiger partial charge is 0.341 e. The van der Waals surface area contributed by atoms with Crippen molar-refractivity contribution in [1.82, 2.24) is 14.8 Å². The monoisotopic (exact) mass is 433 g/mol. The lowest BCUT2D eigenvalue weighted by Crippen LogP contribution is -2.37. The summed E-state index contributed by atoms with van der Waals surface area (Å²) in [5.41, 5.74) is 4.53. The van der Waals surface area contributed by atoms with E-state index in [-0.39, 0.29) is 11.9 Å². The first kappa shape index (κ1) is 20.1. The summed E-state index contributed by atoms with van der Waals surface area (Å²) in [6, 6.07) is 16.8. The molecule has 0 unspecified atom stereocenters. The Morgan fingerprint density at radius 3 is 2.58 bits per heavy atom. The van der Waals surface area contributed by atoms with Crippen molar-refractivity contribution in [3.63, 3.8) is 0 Å². The molecule has 0 saturated carbocycles. The smallest absolute Gasteiger partial charge is 0.237 e. The van der Waals surface area contributed by atoms with Crippen molar-refractivity contribution in [2.75, 3.05) is 28.6 Å². The molecule has 0 N–H and O–H groups in total. The van der Waals surface area contributed by atoms with Gasteiger partial charge in [-0.3, -0.25) is 9.36 Å². The Hall–Kier alpha value is -2.80. The van der Waals surface area contributed by atoms with E-state index in [1.165, 1.54) is 35.7 Å². The maximum atomic E-state index is 13.2. The van der Waals surface area contributed by atoms with Crippen LogP contribution in [0.4, 0.5) is 11.6 Å². The zero-order valence-electron chi connectivity index (χ0n) is 18.0. The highest BCUT2D eigenvalue weighted by molar-refractivity contribution is 7.99. The summed E-state index contributed by atoms with van der Waals surface area (Å²) < 4.78 is 2.10. The van der Waals surface area contributed by atoms with Gasteiger partial charge < -0.3 is 9.80 Å². The number of fused-ring (bicyclic) bond motifs is 1. The number of aromatic nitrogens is 3. The lowest BCUT2D eigenvalue weighted by Gasteiger charge is -2.22. The first-order valence-electron chi connectivity index (χ1n) is 10.9. The highest BCUT2D eigenvalue weighted by Crippen LogP contribution is 2.34. The van der Waals surface area contributed by atoms with Gasteiger partial charge in [0.25, 0.3) is 0 Å². The minimum Gasteiger partial charge on any atom is -0.341 e. The lowest BCUT2D eigenvalue weighted by atomic mass is 10.1. The van der Waals surface area contributed by atoms with Gasteiger partial charge in [0.2, 0.25) is 11.9 Å². The molecule has 160 valence electrons. The molecule has 2 aliphatic heterocycles. The minimum atomic E-state index is 0.114. The van der Waals surface area contributed by atoms with E-state index in [4.69, 9.17) is 0 Å². The predicted octanol–water partition coefficient (Wildman–Crippen LogP) is 4.25. The summed E-state index contributed by atoms with van der Waals surface area (Å²) in [6.07, 6.45) is 3.26. The van der Waals surface area contributed by atoms with Crippen molar-refractivity contribution < 1.29 is 4.79 Å². The Bertz CT molecular complexity index is 1090. The van der Waals surface area contributed by atoms with Crippen molar-refractivity contribution in [1.29, 1.82) is 0 Å². The van der Waals surface area contributed by atoms with Gasteiger partial charge in [-0.25, -0.2) is 0 Å². The molecule has 0 radical (unpaired) electrons. The summed E-state index contributed by atoms with van der Waals surface area (Å²) in [6.45, 7) is 6.19. The zero-order valence-corrected chi connectivity index (χ0v) is 18.8. The third-order valence-electron chi connectivity index (χ3n) is 6.10. The standard InChI is InChI=1S/C24H27N5OS/c1-17-9-11-20(12-10-17)29-23(27-13-5-6-14-27)25-26-24(29)31-16-22(30)28-18(2)15-19-7-3-4-8-21(19)28/h3-4,7-12,18H,5-6,13-16H2,1-2H3/t18-/m1/s1. The number of carbonyl (C=O) groups is 1. The Kier molecular flexibility index (Phi) is 5.44. The lowest BCUT2D eigenvalue weighted by molar-refractivity contribution is -0.116. The summed E-state index contributed by atoms with van der Waals surface area (Å²) >= 11 is 1.47. The van der Waals surface area contributed by atoms with Crippen LogP contribution in [0.5, 0.6) is 0 Å². The number of nitrogens with zero attached hydrogens (tertiary/aromatic N) is 5. The van der Waals surface area contributed by atoms with Crippen molar-refractivity contribution in [3.05, 3.63) is 59.7 Å². The summed E-state index contributed by atoms with van der Waals surface area (Å²) in [5.74, 6) is 1.32. The maximum absolute atomic E-state index is 13.2. The van der Waals surface area contributed by atoms with Crippen LogP contribution in [0.1, 0.15) is 30.9 Å². The molecule has 0 bridgehead atoms. The Labute approximate surface area is 187 Å². The topological polar surface area (TPSA) is 54.3 Å². The number of carbonyl (C=O) groups excluding carboxylic acids is 1. The molecule has 3 aromatic rings. The number of thioether (sulfide) groups is 1. The molecule has 6 nitrogen and oxygen atoms in total. The molecule has 31 heavy (non-hydrogen) atoms. The second kappa shape index (κ2) is 8.38. The third kappa shape index (κ3) is 3.82. The predicted molar refractivity (Wildman–Crippen MR) is 125 cm³/mol. The summed E-state index contributed by atoms with van der Waals surface area (Å²) in [4.78, 5) is 17.4. The maximum Gasteiger partial charge on any atom is 0.237 e. The molecule has 0 aliphatic carbocycles. The van der Waals surface area contributed by atoms with E-state index in [0.29, 0.717) is 5.75 Å². The molecule has 1 atom stereocenters. The second-order valence-electron chi connectivity index (χ2n) is 8.38. The number of aryl methyl sites for hydroxylation is 1. The summed E-state index contributed by atoms with van der Waals surface area (Å²) in [7, 11) is 0. The van der Waals surface area contributed by atoms with E-state index in [1.54, 1.807) is 0 Å². The van der Waals surface area contributed by atoms with Crippen LogP contribution < -0.4 is 9.80 Å². The van der Waals surface area contributed by atoms with Crippen LogP contribution in [0.15, 0.2) is 53.7 Å². The van der Waals surface area contributed by atoms with Crippen LogP contribution in [0.2, 0.25) is 0 Å². The first-order chi connectivity index (χ1) is 15.1. The van der Waals surface area contributed by atoms with E-state index < -0.39 is 0 Å². The highest BCUT2D eigenvalue weighted by atomic mass is 32.2. The van der Waals surface area contributed by atoms with Crippen molar-refractivity contribution in [2.24, 2.45) is 0 Å². The molecule has 5 rings (SSSR count). The van der Waals surface area contributed by atoms with E-state index in [2.05, 4.69) is 63.8 Å². The summed E-state index contributed by atoms with van der Waals surface area (Å²) in [5, 5.41) is 9.76. The van der Waals surface area contributed by atoms with Crippen LogP contribution in [-0.4, -0.2) is 45.6 Å². The average Bonchev–Trinajstić information content (AvgIpc) is 3.50. The number of rotatable bonds is 5. The SMILES string of the molecule is Cc1ccc(-n2c(SCC(=O)N3c4ccccc4C[C@H]3C)nnc2N2CCCC2)cc1. The van der Waals surface area contributed by atoms with Crippen LogP contribution in [0, 0.1) is 6.92 Å². The van der Waals surface area contributed by atoms with E-state index in [9.17, 15) is 4.79 Å². The fourth-order valence-electron chi connectivity index (χ4n) is 4.54. The van der Waals surface area contributed by atoms with E-state index >= 15 is 0 Å². The normalized spacial score (nSPS) is 17.9. The fourth-order valence-corrected chi connectivity index (χ4v) is 5.35. The first-order valence-corrected chi connectivity index (χ1v) is 11.9. The van der Waals surface area contributed by atoms with Gasteiger partial charge in [0.05, 0.1) is 11.4 Å². The van der Waals surface area contributed by atoms with Gasteiger partial charge in [-0.1, -0.05) is 47.7 Å². The Balaban J connectivity index is 1.40. The number of anilines is 2. The van der Waals surface area contributed by atoms with Gasteiger partial charge in [0.15, 0.2) is 5.16 Å². The van der Waals surface area contributed by atoms with Gasteiger partial charge in [0.1, 0.15) is 0 Å². The Morgan fingerprint density at radius 1 is 1.06 bits per heavy atom. The van der Waals surface area contributed by atoms with Gasteiger partial charge in [-0.2, -0.15) is 0 Å². The molecule has 1 saturated heterocycles. The van der Waals surface area contributed by atoms with E-state index in [0.717, 1.165) is 42.0 Å².